The third kappa shape index (κ3) is 6.34. The Morgan fingerprint density at radius 1 is 0.944 bits per heavy atom. The van der Waals surface area contributed by atoms with Crippen LogP contribution in [0.1, 0.15) is 0 Å². The number of amides is 1. The molecule has 4 aromatic rings. The van der Waals surface area contributed by atoms with E-state index in [9.17, 15) is 9.18 Å². The predicted octanol–water partition coefficient (Wildman–Crippen LogP) is 5.26. The lowest BCUT2D eigenvalue weighted by Crippen LogP contribution is -2.42. The van der Waals surface area contributed by atoms with Gasteiger partial charge < -0.3 is 20.4 Å². The topological polar surface area (TPSA) is 73.4 Å². The number of para-hydroxylation sites is 1. The molecule has 5 rings (SSSR count). The maximum absolute atomic E-state index is 14.4. The van der Waals surface area contributed by atoms with E-state index in [0.29, 0.717) is 45.3 Å². The highest BCUT2D eigenvalue weighted by Gasteiger charge is 2.13. The van der Waals surface area contributed by atoms with E-state index in [2.05, 4.69) is 44.5 Å². The van der Waals surface area contributed by atoms with Crippen molar-refractivity contribution in [2.75, 3.05) is 50.9 Å². The zero-order chi connectivity index (χ0) is 25.5. The number of aromatic nitrogens is 2. The van der Waals surface area contributed by atoms with Gasteiger partial charge in [0, 0.05) is 48.3 Å². The molecule has 36 heavy (non-hydrogen) atoms. The number of carbonyl (C=O) groups excluding carboxylic acids is 1. The van der Waals surface area contributed by atoms with Crippen molar-refractivity contribution in [1.82, 2.24) is 19.8 Å². The molecule has 0 unspecified atom stereocenters. The van der Waals surface area contributed by atoms with Crippen molar-refractivity contribution in [1.29, 1.82) is 0 Å². The van der Waals surface area contributed by atoms with Crippen LogP contribution in [0.4, 0.5) is 21.5 Å². The van der Waals surface area contributed by atoms with E-state index < -0.39 is 5.82 Å². The normalized spacial score (nSPS) is 14.1. The molecule has 0 radical (unpaired) electrons. The molecule has 0 aliphatic carbocycles. The summed E-state index contributed by atoms with van der Waals surface area (Å²) in [5.74, 6) is -0.412. The van der Waals surface area contributed by atoms with Crippen LogP contribution >= 0.6 is 11.6 Å². The van der Waals surface area contributed by atoms with Crippen LogP contribution in [0.25, 0.3) is 22.2 Å². The number of anilines is 3. The quantitative estimate of drug-likeness (QED) is 0.359. The summed E-state index contributed by atoms with van der Waals surface area (Å²) in [5, 5.41) is 7.17. The lowest BCUT2D eigenvalue weighted by Gasteiger charge is -2.28. The van der Waals surface area contributed by atoms with E-state index in [0.717, 1.165) is 5.39 Å². The standard InChI is InChI=1S/C21H14ClFN4O.C6H14N2/c22-13-5-6-16(23)15(9-13)20-10-19(14-3-1-2-4-17(14)26-20)27-18-7-8-24-11-21(18)25-12-28;1-7-3-5-8(2)6-4-7/h1-12H,(H,25,28)(H,24,26,27);3-6H2,1-2H3. The summed E-state index contributed by atoms with van der Waals surface area (Å²) in [5.41, 5.74) is 3.33. The molecule has 7 nitrogen and oxygen atoms in total. The number of piperazine rings is 1. The third-order valence-electron chi connectivity index (χ3n) is 5.95. The van der Waals surface area contributed by atoms with Gasteiger partial charge in [-0.1, -0.05) is 29.8 Å². The van der Waals surface area contributed by atoms with Crippen molar-refractivity contribution in [2.45, 2.75) is 0 Å². The number of benzene rings is 2. The Bertz CT molecular complexity index is 1330. The number of hydrogen-bond acceptors (Lipinski definition) is 6. The first-order chi connectivity index (χ1) is 17.4. The monoisotopic (exact) mass is 506 g/mol. The first kappa shape index (κ1) is 25.5. The van der Waals surface area contributed by atoms with E-state index in [-0.39, 0.29) is 0 Å². The molecule has 2 aromatic carbocycles. The zero-order valence-corrected chi connectivity index (χ0v) is 21.0. The fraction of sp³-hybridized carbons (Fsp3) is 0.222. The van der Waals surface area contributed by atoms with E-state index in [1.54, 1.807) is 24.4 Å². The number of nitrogens with one attached hydrogen (secondary N) is 2. The highest BCUT2D eigenvalue weighted by Crippen LogP contribution is 2.34. The van der Waals surface area contributed by atoms with Crippen LogP contribution in [0.15, 0.2) is 67.0 Å². The van der Waals surface area contributed by atoms with E-state index in [4.69, 9.17) is 11.6 Å². The number of rotatable bonds is 5. The van der Waals surface area contributed by atoms with Gasteiger partial charge in [-0.2, -0.15) is 0 Å². The Balaban J connectivity index is 0.000000325. The largest absolute Gasteiger partial charge is 0.353 e. The molecule has 186 valence electrons. The van der Waals surface area contributed by atoms with Crippen LogP contribution in [-0.4, -0.2) is 66.5 Å². The van der Waals surface area contributed by atoms with Gasteiger partial charge in [-0.15, -0.1) is 0 Å². The lowest BCUT2D eigenvalue weighted by atomic mass is 10.1. The summed E-state index contributed by atoms with van der Waals surface area (Å²) in [6.07, 6.45) is 3.73. The molecule has 1 fully saturated rings. The molecule has 0 bridgehead atoms. The Morgan fingerprint density at radius 3 is 2.39 bits per heavy atom. The number of fused-ring (bicyclic) bond motifs is 1. The Morgan fingerprint density at radius 2 is 1.67 bits per heavy atom. The van der Waals surface area contributed by atoms with Gasteiger partial charge in [0.25, 0.3) is 0 Å². The van der Waals surface area contributed by atoms with Crippen molar-refractivity contribution in [3.8, 4) is 11.3 Å². The molecule has 3 heterocycles. The minimum Gasteiger partial charge on any atom is -0.353 e. The second-order valence-electron chi connectivity index (χ2n) is 8.61. The summed E-state index contributed by atoms with van der Waals surface area (Å²) in [4.78, 5) is 24.2. The molecule has 0 saturated carbocycles. The van der Waals surface area contributed by atoms with Crippen LogP contribution in [-0.2, 0) is 4.79 Å². The fourth-order valence-electron chi connectivity index (χ4n) is 3.84. The Hall–Kier alpha value is -3.59. The fourth-order valence-corrected chi connectivity index (χ4v) is 4.02. The molecule has 0 atom stereocenters. The lowest BCUT2D eigenvalue weighted by molar-refractivity contribution is -0.105. The van der Waals surface area contributed by atoms with Gasteiger partial charge in [0.1, 0.15) is 5.82 Å². The van der Waals surface area contributed by atoms with Gasteiger partial charge >= 0.3 is 0 Å². The molecular weight excluding hydrogens is 479 g/mol. The van der Waals surface area contributed by atoms with Crippen molar-refractivity contribution < 1.29 is 9.18 Å². The summed E-state index contributed by atoms with van der Waals surface area (Å²) in [6, 6.07) is 15.4. The first-order valence-corrected chi connectivity index (χ1v) is 12.0. The molecule has 1 aliphatic heterocycles. The number of hydrogen-bond donors (Lipinski definition) is 2. The van der Waals surface area contributed by atoms with E-state index in [1.807, 2.05) is 24.3 Å². The average Bonchev–Trinajstić information content (AvgIpc) is 2.89. The Kier molecular flexibility index (Phi) is 8.43. The number of likely N-dealkylation sites (N-methyl/N-ethyl adjacent to an activating group) is 2. The molecular formula is C27H28ClFN6O. The van der Waals surface area contributed by atoms with Crippen molar-refractivity contribution >= 4 is 46.0 Å². The third-order valence-corrected chi connectivity index (χ3v) is 6.19. The van der Waals surface area contributed by atoms with Gasteiger partial charge in [-0.05, 0) is 50.5 Å². The van der Waals surface area contributed by atoms with Gasteiger partial charge in [0.2, 0.25) is 6.41 Å². The number of carbonyl (C=O) groups is 1. The smallest absolute Gasteiger partial charge is 0.211 e. The van der Waals surface area contributed by atoms with Crippen molar-refractivity contribution in [2.24, 2.45) is 0 Å². The molecule has 1 amide bonds. The minimum absolute atomic E-state index is 0.308. The van der Waals surface area contributed by atoms with Crippen molar-refractivity contribution in [3.05, 3.63) is 77.8 Å². The molecule has 0 spiro atoms. The SMILES string of the molecule is CN1CCN(C)CC1.O=CNc1cnccc1Nc1cc(-c2cc(Cl)ccc2F)nc2ccccc12. The minimum atomic E-state index is -0.412. The van der Waals surface area contributed by atoms with Crippen LogP contribution < -0.4 is 10.6 Å². The van der Waals surface area contributed by atoms with Gasteiger partial charge in [0.15, 0.2) is 0 Å². The van der Waals surface area contributed by atoms with Gasteiger partial charge in [0.05, 0.1) is 34.5 Å². The molecule has 1 aliphatic rings. The van der Waals surface area contributed by atoms with E-state index in [1.165, 1.54) is 44.5 Å². The maximum atomic E-state index is 14.4. The van der Waals surface area contributed by atoms with Gasteiger partial charge in [-0.3, -0.25) is 9.78 Å². The second kappa shape index (κ2) is 11.9. The predicted molar refractivity (Wildman–Crippen MR) is 144 cm³/mol. The molecule has 9 heteroatoms. The summed E-state index contributed by atoms with van der Waals surface area (Å²) in [7, 11) is 4.35. The molecule has 2 aromatic heterocycles. The first-order valence-electron chi connectivity index (χ1n) is 11.6. The Labute approximate surface area is 214 Å². The number of halogens is 2. The molecule has 1 saturated heterocycles. The maximum Gasteiger partial charge on any atom is 0.211 e. The van der Waals surface area contributed by atoms with E-state index >= 15 is 0 Å². The van der Waals surface area contributed by atoms with Crippen molar-refractivity contribution in [3.63, 3.8) is 0 Å². The van der Waals surface area contributed by atoms with Crippen LogP contribution in [0.2, 0.25) is 5.02 Å². The van der Waals surface area contributed by atoms with Crippen LogP contribution in [0.3, 0.4) is 0 Å². The van der Waals surface area contributed by atoms with Gasteiger partial charge in [-0.25, -0.2) is 9.37 Å². The summed E-state index contributed by atoms with van der Waals surface area (Å²) < 4.78 is 14.4. The van der Waals surface area contributed by atoms with Crippen LogP contribution in [0.5, 0.6) is 0 Å². The average molecular weight is 507 g/mol. The molecule has 2 N–H and O–H groups in total. The number of pyridine rings is 2. The summed E-state index contributed by atoms with van der Waals surface area (Å²) in [6.45, 7) is 4.93. The van der Waals surface area contributed by atoms with Crippen LogP contribution in [0, 0.1) is 5.82 Å². The summed E-state index contributed by atoms with van der Waals surface area (Å²) >= 11 is 6.05. The highest BCUT2D eigenvalue weighted by atomic mass is 35.5. The highest BCUT2D eigenvalue weighted by molar-refractivity contribution is 6.30. The zero-order valence-electron chi connectivity index (χ0n) is 20.2. The number of nitrogens with zero attached hydrogens (tertiary/aromatic N) is 4. The second-order valence-corrected chi connectivity index (χ2v) is 9.05.